The number of likely N-dealkylation sites (N-methyl/N-ethyl adjacent to an activating group) is 1. The molecule has 21 heavy (non-hydrogen) atoms. The van der Waals surface area contributed by atoms with Crippen molar-refractivity contribution in [1.29, 1.82) is 0 Å². The van der Waals surface area contributed by atoms with Crippen molar-refractivity contribution in [2.24, 2.45) is 5.92 Å². The number of hydrogen-bond acceptors (Lipinski definition) is 4. The van der Waals surface area contributed by atoms with Crippen LogP contribution in [0, 0.1) is 5.92 Å². The van der Waals surface area contributed by atoms with Crippen LogP contribution in [0.5, 0.6) is 0 Å². The van der Waals surface area contributed by atoms with Crippen molar-refractivity contribution in [3.63, 3.8) is 0 Å². The Morgan fingerprint density at radius 2 is 2.14 bits per heavy atom. The quantitative estimate of drug-likeness (QED) is 0.525. The number of esters is 1. The lowest BCUT2D eigenvalue weighted by atomic mass is 9.94. The minimum atomic E-state index is -0.528. The Morgan fingerprint density at radius 3 is 2.76 bits per heavy atom. The number of nitrogens with zero attached hydrogens (tertiary/aromatic N) is 1. The van der Waals surface area contributed by atoms with Crippen LogP contribution in [0.1, 0.15) is 59.8 Å². The molecule has 1 aliphatic rings. The highest BCUT2D eigenvalue weighted by Crippen LogP contribution is 2.19. The molecule has 0 aromatic heterocycles. The molecular formula is C17H34N2O2. The van der Waals surface area contributed by atoms with E-state index in [-0.39, 0.29) is 5.97 Å². The molecule has 1 aliphatic heterocycles. The largest absolute Gasteiger partial charge is 0.465 e. The molecule has 4 heteroatoms. The number of hydrogen-bond donors (Lipinski definition) is 1. The SMILES string of the molecule is CCNC(C)(CCCCN1CCCC(C)C1)C(=O)OCC. The van der Waals surface area contributed by atoms with Gasteiger partial charge in [-0.1, -0.05) is 13.8 Å². The molecule has 0 spiro atoms. The second kappa shape index (κ2) is 9.42. The van der Waals surface area contributed by atoms with Gasteiger partial charge in [0.05, 0.1) is 6.61 Å². The van der Waals surface area contributed by atoms with Crippen molar-refractivity contribution in [2.75, 3.05) is 32.8 Å². The maximum Gasteiger partial charge on any atom is 0.326 e. The molecular weight excluding hydrogens is 264 g/mol. The molecule has 4 nitrogen and oxygen atoms in total. The van der Waals surface area contributed by atoms with E-state index in [2.05, 4.69) is 17.1 Å². The standard InChI is InChI=1S/C17H34N2O2/c1-5-18-17(4,16(20)21-6-2)11-7-8-12-19-13-9-10-15(3)14-19/h15,18H,5-14H2,1-4H3. The van der Waals surface area contributed by atoms with Gasteiger partial charge in [0.1, 0.15) is 5.54 Å². The number of unbranched alkanes of at least 4 members (excludes halogenated alkanes) is 1. The fourth-order valence-electron chi connectivity index (χ4n) is 3.25. The van der Waals surface area contributed by atoms with Crippen molar-refractivity contribution >= 4 is 5.97 Å². The van der Waals surface area contributed by atoms with Gasteiger partial charge < -0.3 is 15.0 Å². The third-order valence-corrected chi connectivity index (χ3v) is 4.44. The summed E-state index contributed by atoms with van der Waals surface area (Å²) in [4.78, 5) is 14.7. The third-order valence-electron chi connectivity index (χ3n) is 4.44. The Balaban J connectivity index is 2.31. The van der Waals surface area contributed by atoms with Gasteiger partial charge in [-0.15, -0.1) is 0 Å². The van der Waals surface area contributed by atoms with E-state index in [4.69, 9.17) is 4.74 Å². The van der Waals surface area contributed by atoms with Crippen LogP contribution in [-0.4, -0.2) is 49.2 Å². The Hall–Kier alpha value is -0.610. The topological polar surface area (TPSA) is 41.6 Å². The van der Waals surface area contributed by atoms with Crippen LogP contribution in [0.15, 0.2) is 0 Å². The first-order valence-corrected chi connectivity index (χ1v) is 8.66. The molecule has 0 aliphatic carbocycles. The zero-order valence-corrected chi connectivity index (χ0v) is 14.4. The zero-order valence-electron chi connectivity index (χ0n) is 14.4. The molecule has 0 amide bonds. The molecule has 2 unspecified atom stereocenters. The summed E-state index contributed by atoms with van der Waals surface area (Å²) < 4.78 is 5.21. The summed E-state index contributed by atoms with van der Waals surface area (Å²) in [7, 11) is 0. The molecule has 0 bridgehead atoms. The summed E-state index contributed by atoms with van der Waals surface area (Å²) in [5.41, 5.74) is -0.528. The molecule has 1 heterocycles. The summed E-state index contributed by atoms with van der Waals surface area (Å²) in [5.74, 6) is 0.726. The van der Waals surface area contributed by atoms with E-state index in [0.717, 1.165) is 38.3 Å². The van der Waals surface area contributed by atoms with Gasteiger partial charge in [-0.2, -0.15) is 0 Å². The number of piperidine rings is 1. The van der Waals surface area contributed by atoms with Crippen molar-refractivity contribution in [1.82, 2.24) is 10.2 Å². The molecule has 0 saturated carbocycles. The number of carbonyl (C=O) groups excluding carboxylic acids is 1. The fourth-order valence-corrected chi connectivity index (χ4v) is 3.25. The van der Waals surface area contributed by atoms with Gasteiger partial charge in [0.15, 0.2) is 0 Å². The Kier molecular flexibility index (Phi) is 8.27. The molecule has 2 atom stereocenters. The molecule has 1 saturated heterocycles. The Bertz CT molecular complexity index is 309. The van der Waals surface area contributed by atoms with Gasteiger partial charge in [0, 0.05) is 6.54 Å². The molecule has 0 radical (unpaired) electrons. The second-order valence-corrected chi connectivity index (χ2v) is 6.59. The first-order valence-electron chi connectivity index (χ1n) is 8.66. The van der Waals surface area contributed by atoms with Crippen LogP contribution >= 0.6 is 0 Å². The predicted molar refractivity (Wildman–Crippen MR) is 87.4 cm³/mol. The van der Waals surface area contributed by atoms with E-state index in [0.29, 0.717) is 6.61 Å². The van der Waals surface area contributed by atoms with E-state index in [1.807, 2.05) is 20.8 Å². The molecule has 124 valence electrons. The minimum absolute atomic E-state index is 0.113. The molecule has 1 rings (SSSR count). The maximum absolute atomic E-state index is 12.1. The highest BCUT2D eigenvalue weighted by molar-refractivity contribution is 5.80. The van der Waals surface area contributed by atoms with Crippen LogP contribution in [-0.2, 0) is 9.53 Å². The van der Waals surface area contributed by atoms with E-state index < -0.39 is 5.54 Å². The predicted octanol–water partition coefficient (Wildman–Crippen LogP) is 2.82. The van der Waals surface area contributed by atoms with Crippen LogP contribution in [0.2, 0.25) is 0 Å². The first kappa shape index (κ1) is 18.4. The van der Waals surface area contributed by atoms with Gasteiger partial charge in [-0.05, 0) is 71.5 Å². The number of likely N-dealkylation sites (tertiary alicyclic amines) is 1. The number of nitrogens with one attached hydrogen (secondary N) is 1. The van der Waals surface area contributed by atoms with E-state index >= 15 is 0 Å². The zero-order chi connectivity index (χ0) is 15.7. The smallest absolute Gasteiger partial charge is 0.326 e. The number of carbonyl (C=O) groups is 1. The summed E-state index contributed by atoms with van der Waals surface area (Å²) in [6, 6.07) is 0. The van der Waals surface area contributed by atoms with Crippen LogP contribution in [0.4, 0.5) is 0 Å². The number of ether oxygens (including phenoxy) is 1. The fraction of sp³-hybridized carbons (Fsp3) is 0.941. The highest BCUT2D eigenvalue weighted by atomic mass is 16.5. The van der Waals surface area contributed by atoms with Crippen LogP contribution in [0.3, 0.4) is 0 Å². The summed E-state index contributed by atoms with van der Waals surface area (Å²) >= 11 is 0. The lowest BCUT2D eigenvalue weighted by molar-refractivity contribution is -0.150. The summed E-state index contributed by atoms with van der Waals surface area (Å²) in [5, 5.41) is 3.30. The normalized spacial score (nSPS) is 22.8. The minimum Gasteiger partial charge on any atom is -0.465 e. The average molecular weight is 298 g/mol. The number of rotatable bonds is 9. The summed E-state index contributed by atoms with van der Waals surface area (Å²) in [6.07, 6.45) is 5.78. The Morgan fingerprint density at radius 1 is 1.38 bits per heavy atom. The van der Waals surface area contributed by atoms with E-state index in [1.54, 1.807) is 0 Å². The van der Waals surface area contributed by atoms with Crippen LogP contribution < -0.4 is 5.32 Å². The molecule has 1 N–H and O–H groups in total. The van der Waals surface area contributed by atoms with Crippen molar-refractivity contribution in [3.8, 4) is 0 Å². The average Bonchev–Trinajstić information content (AvgIpc) is 2.44. The van der Waals surface area contributed by atoms with Crippen LogP contribution in [0.25, 0.3) is 0 Å². The monoisotopic (exact) mass is 298 g/mol. The van der Waals surface area contributed by atoms with Crippen molar-refractivity contribution < 1.29 is 9.53 Å². The van der Waals surface area contributed by atoms with E-state index in [9.17, 15) is 4.79 Å². The van der Waals surface area contributed by atoms with Crippen molar-refractivity contribution in [3.05, 3.63) is 0 Å². The molecule has 1 fully saturated rings. The maximum atomic E-state index is 12.1. The first-order chi connectivity index (χ1) is 10.0. The Labute approximate surface area is 130 Å². The van der Waals surface area contributed by atoms with Gasteiger partial charge >= 0.3 is 5.97 Å². The van der Waals surface area contributed by atoms with Gasteiger partial charge in [0.2, 0.25) is 0 Å². The lowest BCUT2D eigenvalue weighted by Crippen LogP contribution is -2.50. The second-order valence-electron chi connectivity index (χ2n) is 6.59. The van der Waals surface area contributed by atoms with Gasteiger partial charge in [-0.3, -0.25) is 4.79 Å². The van der Waals surface area contributed by atoms with Gasteiger partial charge in [-0.25, -0.2) is 0 Å². The highest BCUT2D eigenvalue weighted by Gasteiger charge is 2.33. The van der Waals surface area contributed by atoms with Gasteiger partial charge in [0.25, 0.3) is 0 Å². The summed E-state index contributed by atoms with van der Waals surface area (Å²) in [6.45, 7) is 13.1. The third kappa shape index (κ3) is 6.35. The van der Waals surface area contributed by atoms with Crippen molar-refractivity contribution in [2.45, 2.75) is 65.3 Å². The van der Waals surface area contributed by atoms with E-state index in [1.165, 1.54) is 25.9 Å². The molecule has 0 aromatic rings. The lowest BCUT2D eigenvalue weighted by Gasteiger charge is -2.31. The molecule has 0 aromatic carbocycles.